The number of benzene rings is 1. The molecule has 1 saturated heterocycles. The van der Waals surface area contributed by atoms with E-state index in [2.05, 4.69) is 20.4 Å². The van der Waals surface area contributed by atoms with E-state index in [1.807, 2.05) is 4.90 Å². The maximum Gasteiger partial charge on any atom is 0.416 e. The summed E-state index contributed by atoms with van der Waals surface area (Å²) in [5.41, 5.74) is -0.754. The lowest BCUT2D eigenvalue weighted by Crippen LogP contribution is -2.36. The number of aromatic nitrogens is 5. The normalized spacial score (nSPS) is 15.2. The van der Waals surface area contributed by atoms with Crippen LogP contribution in [0.2, 0.25) is 0 Å². The zero-order valence-corrected chi connectivity index (χ0v) is 17.3. The number of carboxylic acid groups (broad SMARTS) is 1. The van der Waals surface area contributed by atoms with Crippen molar-refractivity contribution in [3.8, 4) is 10.7 Å². The average Bonchev–Trinajstić information content (AvgIpc) is 3.42. The minimum atomic E-state index is -4.49. The molecule has 13 heteroatoms. The van der Waals surface area contributed by atoms with Crippen molar-refractivity contribution >= 4 is 28.2 Å². The molecule has 4 rings (SSSR count). The maximum atomic E-state index is 12.9. The van der Waals surface area contributed by atoms with Crippen LogP contribution >= 0.6 is 11.3 Å². The number of carbonyl (C=O) groups excluding carboxylic acids is 1. The highest BCUT2D eigenvalue weighted by Gasteiger charge is 2.32. The number of alkyl halides is 3. The number of ketones is 1. The molecule has 0 saturated carbocycles. The van der Waals surface area contributed by atoms with Gasteiger partial charge in [0, 0.05) is 24.6 Å². The molecule has 0 aliphatic carbocycles. The molecule has 2 aromatic heterocycles. The van der Waals surface area contributed by atoms with Gasteiger partial charge in [-0.15, -0.1) is 10.2 Å². The van der Waals surface area contributed by atoms with E-state index in [1.54, 1.807) is 6.20 Å². The second-order valence-corrected chi connectivity index (χ2v) is 8.26. The second-order valence-electron chi connectivity index (χ2n) is 7.25. The lowest BCUT2D eigenvalue weighted by Gasteiger charge is -2.31. The van der Waals surface area contributed by atoms with E-state index in [-0.39, 0.29) is 23.1 Å². The molecule has 1 aromatic carbocycles. The summed E-state index contributed by atoms with van der Waals surface area (Å²) in [6.45, 7) is 0.662. The summed E-state index contributed by atoms with van der Waals surface area (Å²) >= 11 is 1.31. The van der Waals surface area contributed by atoms with Crippen molar-refractivity contribution in [2.75, 3.05) is 18.0 Å². The third-order valence-electron chi connectivity index (χ3n) is 5.05. The van der Waals surface area contributed by atoms with Crippen molar-refractivity contribution in [3.05, 3.63) is 41.6 Å². The minimum Gasteiger partial charge on any atom is -0.480 e. The monoisotopic (exact) mass is 466 g/mol. The summed E-state index contributed by atoms with van der Waals surface area (Å²) in [6, 6.07) is 4.53. The van der Waals surface area contributed by atoms with Crippen LogP contribution in [0.4, 0.5) is 18.3 Å². The standard InChI is InChI=1S/C19H17F3N6O3S/c20-19(21,22)13-3-1-2-12(8-13)16(31)11-4-6-27(7-5-11)18-23-9-14(32-18)17-24-26-28(25-17)10-15(29)30/h1-3,8-9,11H,4-7,10H2,(H,29,30). The third-order valence-corrected chi connectivity index (χ3v) is 6.11. The summed E-state index contributed by atoms with van der Waals surface area (Å²) in [5, 5.41) is 21.0. The predicted molar refractivity (Wildman–Crippen MR) is 107 cm³/mol. The van der Waals surface area contributed by atoms with E-state index in [0.717, 1.165) is 16.9 Å². The zero-order chi connectivity index (χ0) is 22.9. The van der Waals surface area contributed by atoms with Crippen LogP contribution in [0.25, 0.3) is 10.7 Å². The fourth-order valence-corrected chi connectivity index (χ4v) is 4.35. The molecule has 32 heavy (non-hydrogen) atoms. The maximum absolute atomic E-state index is 12.9. The Balaban J connectivity index is 1.39. The first-order valence-electron chi connectivity index (χ1n) is 9.63. The van der Waals surface area contributed by atoms with Crippen molar-refractivity contribution in [3.63, 3.8) is 0 Å². The molecule has 0 amide bonds. The van der Waals surface area contributed by atoms with E-state index < -0.39 is 24.3 Å². The number of carboxylic acids is 1. The molecule has 0 spiro atoms. The van der Waals surface area contributed by atoms with E-state index in [4.69, 9.17) is 5.11 Å². The summed E-state index contributed by atoms with van der Waals surface area (Å²) in [6.07, 6.45) is -1.92. The van der Waals surface area contributed by atoms with Crippen molar-refractivity contribution in [2.24, 2.45) is 5.92 Å². The first-order chi connectivity index (χ1) is 15.2. The molecule has 168 valence electrons. The van der Waals surface area contributed by atoms with E-state index in [9.17, 15) is 22.8 Å². The van der Waals surface area contributed by atoms with Crippen LogP contribution in [0.5, 0.6) is 0 Å². The van der Waals surface area contributed by atoms with Gasteiger partial charge in [-0.05, 0) is 30.2 Å². The molecule has 1 N–H and O–H groups in total. The molecule has 3 aromatic rings. The number of rotatable bonds is 6. The highest BCUT2D eigenvalue weighted by molar-refractivity contribution is 7.18. The predicted octanol–water partition coefficient (Wildman–Crippen LogP) is 3.00. The number of anilines is 1. The molecular weight excluding hydrogens is 449 g/mol. The molecule has 3 heterocycles. The first kappa shape index (κ1) is 21.9. The van der Waals surface area contributed by atoms with Crippen molar-refractivity contribution in [1.29, 1.82) is 0 Å². The van der Waals surface area contributed by atoms with Gasteiger partial charge in [0.05, 0.1) is 16.6 Å². The lowest BCUT2D eigenvalue weighted by molar-refractivity contribution is -0.138. The van der Waals surface area contributed by atoms with Gasteiger partial charge in [-0.3, -0.25) is 9.59 Å². The van der Waals surface area contributed by atoms with Crippen LogP contribution in [0, 0.1) is 5.92 Å². The van der Waals surface area contributed by atoms with Crippen LogP contribution < -0.4 is 4.90 Å². The Labute approximate surface area is 183 Å². The SMILES string of the molecule is O=C(O)Cn1nnc(-c2cnc(N3CCC(C(=O)c4cccc(C(F)(F)F)c4)CC3)s2)n1. The molecule has 0 bridgehead atoms. The number of aliphatic carboxylic acids is 1. The van der Waals surface area contributed by atoms with Gasteiger partial charge in [0.25, 0.3) is 0 Å². The highest BCUT2D eigenvalue weighted by atomic mass is 32.1. The number of piperidine rings is 1. The summed E-state index contributed by atoms with van der Waals surface area (Å²) in [7, 11) is 0. The Kier molecular flexibility index (Phi) is 5.91. The van der Waals surface area contributed by atoms with Gasteiger partial charge in [-0.2, -0.15) is 18.0 Å². The number of tetrazole rings is 1. The number of hydrogen-bond acceptors (Lipinski definition) is 8. The van der Waals surface area contributed by atoms with Crippen LogP contribution in [0.15, 0.2) is 30.5 Å². The van der Waals surface area contributed by atoms with Crippen molar-refractivity contribution in [1.82, 2.24) is 25.2 Å². The van der Waals surface area contributed by atoms with Gasteiger partial charge in [0.1, 0.15) is 0 Å². The smallest absolute Gasteiger partial charge is 0.416 e. The molecular formula is C19H17F3N6O3S. The van der Waals surface area contributed by atoms with Crippen molar-refractivity contribution in [2.45, 2.75) is 25.6 Å². The quantitative estimate of drug-likeness (QED) is 0.552. The minimum absolute atomic E-state index is 0.0744. The molecule has 9 nitrogen and oxygen atoms in total. The third kappa shape index (κ3) is 4.77. The highest BCUT2D eigenvalue weighted by Crippen LogP contribution is 2.33. The Bertz CT molecular complexity index is 1140. The second kappa shape index (κ2) is 8.65. The Hall–Kier alpha value is -3.35. The van der Waals surface area contributed by atoms with Crippen LogP contribution in [0.1, 0.15) is 28.8 Å². The molecule has 1 fully saturated rings. The first-order valence-corrected chi connectivity index (χ1v) is 10.4. The Morgan fingerprint density at radius 3 is 2.66 bits per heavy atom. The lowest BCUT2D eigenvalue weighted by atomic mass is 9.88. The summed E-state index contributed by atoms with van der Waals surface area (Å²) in [5.74, 6) is -1.45. The number of halogens is 3. The Morgan fingerprint density at radius 2 is 1.97 bits per heavy atom. The van der Waals surface area contributed by atoms with Crippen LogP contribution in [-0.2, 0) is 17.5 Å². The van der Waals surface area contributed by atoms with Gasteiger partial charge in [0.2, 0.25) is 5.82 Å². The molecule has 0 radical (unpaired) electrons. The van der Waals surface area contributed by atoms with Crippen LogP contribution in [-0.4, -0.2) is 55.1 Å². The van der Waals surface area contributed by atoms with Gasteiger partial charge in [-0.25, -0.2) is 4.98 Å². The van der Waals surface area contributed by atoms with Gasteiger partial charge >= 0.3 is 12.1 Å². The molecule has 0 unspecified atom stereocenters. The van der Waals surface area contributed by atoms with Gasteiger partial charge < -0.3 is 10.0 Å². The number of hydrogen-bond donors (Lipinski definition) is 1. The zero-order valence-electron chi connectivity index (χ0n) is 16.5. The summed E-state index contributed by atoms with van der Waals surface area (Å²) < 4.78 is 38.8. The van der Waals surface area contributed by atoms with Crippen LogP contribution in [0.3, 0.4) is 0 Å². The fourth-order valence-electron chi connectivity index (χ4n) is 3.46. The number of nitrogens with zero attached hydrogens (tertiary/aromatic N) is 6. The molecule has 1 aliphatic heterocycles. The molecule has 0 atom stereocenters. The molecule has 1 aliphatic rings. The van der Waals surface area contributed by atoms with E-state index in [1.165, 1.54) is 23.5 Å². The number of carbonyl (C=O) groups is 2. The average molecular weight is 466 g/mol. The van der Waals surface area contributed by atoms with Gasteiger partial charge in [-0.1, -0.05) is 23.5 Å². The van der Waals surface area contributed by atoms with Gasteiger partial charge in [0.15, 0.2) is 17.5 Å². The van der Waals surface area contributed by atoms with E-state index >= 15 is 0 Å². The number of Topliss-reactive ketones (excluding diaryl/α,β-unsaturated/α-hetero) is 1. The summed E-state index contributed by atoms with van der Waals surface area (Å²) in [4.78, 5) is 31.4. The topological polar surface area (TPSA) is 114 Å². The number of thiazole rings is 1. The van der Waals surface area contributed by atoms with E-state index in [0.29, 0.717) is 35.9 Å². The van der Waals surface area contributed by atoms with Crippen molar-refractivity contribution < 1.29 is 27.9 Å². The largest absolute Gasteiger partial charge is 0.480 e. The Morgan fingerprint density at radius 1 is 1.22 bits per heavy atom. The fraction of sp³-hybridized carbons (Fsp3) is 0.368.